The molecule has 0 aliphatic heterocycles. The summed E-state index contributed by atoms with van der Waals surface area (Å²) in [6.45, 7) is 2.32. The lowest BCUT2D eigenvalue weighted by Gasteiger charge is -2.14. The van der Waals surface area contributed by atoms with E-state index in [1.165, 1.54) is 0 Å². The third kappa shape index (κ3) is 7.17. The van der Waals surface area contributed by atoms with Crippen LogP contribution < -0.4 is 0 Å². The predicted molar refractivity (Wildman–Crippen MR) is 56.5 cm³/mol. The Balaban J connectivity index is 3.55. The molecular formula is C9H18O4S. The highest BCUT2D eigenvalue weighted by Crippen LogP contribution is 1.97. The fraction of sp³-hybridized carbons (Fsp3) is 0.889. The summed E-state index contributed by atoms with van der Waals surface area (Å²) in [5.74, 6) is 0.333. The van der Waals surface area contributed by atoms with Crippen molar-refractivity contribution in [2.24, 2.45) is 0 Å². The van der Waals surface area contributed by atoms with Crippen LogP contribution in [-0.4, -0.2) is 42.8 Å². The Kier molecular flexibility index (Phi) is 9.13. The second kappa shape index (κ2) is 9.30. The molecule has 0 radical (unpaired) electrons. The number of carbonyl (C=O) groups excluding carboxylic acids is 1. The van der Waals surface area contributed by atoms with Gasteiger partial charge in [-0.3, -0.25) is 4.79 Å². The molecule has 0 aliphatic rings. The monoisotopic (exact) mass is 222 g/mol. The van der Waals surface area contributed by atoms with Crippen molar-refractivity contribution >= 4 is 18.6 Å². The van der Waals surface area contributed by atoms with Crippen molar-refractivity contribution < 1.29 is 19.4 Å². The third-order valence-corrected chi connectivity index (χ3v) is 1.72. The normalized spacial score (nSPS) is 12.5. The average molecular weight is 222 g/mol. The lowest BCUT2D eigenvalue weighted by atomic mass is 10.3. The highest BCUT2D eigenvalue weighted by Gasteiger charge is 2.10. The summed E-state index contributed by atoms with van der Waals surface area (Å²) >= 11 is 3.96. The molecule has 4 nitrogen and oxygen atoms in total. The molecular weight excluding hydrogens is 204 g/mol. The minimum atomic E-state index is -0.428. The van der Waals surface area contributed by atoms with E-state index in [9.17, 15) is 4.79 Å². The van der Waals surface area contributed by atoms with Crippen molar-refractivity contribution in [3.8, 4) is 0 Å². The minimum Gasteiger partial charge on any atom is -0.463 e. The summed E-state index contributed by atoms with van der Waals surface area (Å²) in [6.07, 6.45) is 0.744. The second-order valence-corrected chi connectivity index (χ2v) is 3.28. The maximum absolute atomic E-state index is 11.0. The van der Waals surface area contributed by atoms with E-state index < -0.39 is 6.10 Å². The standard InChI is InChI=1S/C9H18O4S/c1-2-3-9(11)13-7-8(6-10)12-4-5-14/h8,10,14H,2-7H2,1H3. The summed E-state index contributed by atoms with van der Waals surface area (Å²) in [7, 11) is 0. The smallest absolute Gasteiger partial charge is 0.305 e. The molecule has 0 fully saturated rings. The third-order valence-electron chi connectivity index (χ3n) is 1.53. The van der Waals surface area contributed by atoms with Crippen molar-refractivity contribution in [1.82, 2.24) is 0 Å². The number of esters is 1. The second-order valence-electron chi connectivity index (χ2n) is 2.83. The molecule has 0 bridgehead atoms. The van der Waals surface area contributed by atoms with Crippen molar-refractivity contribution in [2.75, 3.05) is 25.6 Å². The highest BCUT2D eigenvalue weighted by atomic mass is 32.1. The zero-order valence-corrected chi connectivity index (χ0v) is 9.33. The van der Waals surface area contributed by atoms with E-state index in [0.717, 1.165) is 6.42 Å². The predicted octanol–water partition coefficient (Wildman–Crippen LogP) is 0.637. The molecule has 1 atom stereocenters. The Morgan fingerprint density at radius 1 is 1.57 bits per heavy atom. The van der Waals surface area contributed by atoms with Crippen molar-refractivity contribution in [1.29, 1.82) is 0 Å². The van der Waals surface area contributed by atoms with Crippen LogP contribution in [0.5, 0.6) is 0 Å². The van der Waals surface area contributed by atoms with Gasteiger partial charge in [0.05, 0.1) is 13.2 Å². The van der Waals surface area contributed by atoms with Crippen LogP contribution in [0.15, 0.2) is 0 Å². The number of aliphatic hydroxyl groups is 1. The van der Waals surface area contributed by atoms with Gasteiger partial charge in [0.25, 0.3) is 0 Å². The molecule has 84 valence electrons. The first-order valence-electron chi connectivity index (χ1n) is 4.73. The number of rotatable bonds is 8. The fourth-order valence-corrected chi connectivity index (χ4v) is 0.940. The first kappa shape index (κ1) is 13.7. The summed E-state index contributed by atoms with van der Waals surface area (Å²) in [6, 6.07) is 0. The number of thiol groups is 1. The van der Waals surface area contributed by atoms with Gasteiger partial charge in [-0.1, -0.05) is 6.92 Å². The van der Waals surface area contributed by atoms with Gasteiger partial charge in [0.1, 0.15) is 12.7 Å². The van der Waals surface area contributed by atoms with E-state index in [4.69, 9.17) is 14.6 Å². The van der Waals surface area contributed by atoms with Gasteiger partial charge in [-0.15, -0.1) is 0 Å². The number of carbonyl (C=O) groups is 1. The number of hydrogen-bond donors (Lipinski definition) is 2. The van der Waals surface area contributed by atoms with Crippen molar-refractivity contribution in [3.05, 3.63) is 0 Å². The molecule has 1 unspecified atom stereocenters. The first-order chi connectivity index (χ1) is 6.74. The maximum Gasteiger partial charge on any atom is 0.305 e. The first-order valence-corrected chi connectivity index (χ1v) is 5.36. The Bertz CT molecular complexity index is 152. The van der Waals surface area contributed by atoms with Crippen LogP contribution in [0.4, 0.5) is 0 Å². The highest BCUT2D eigenvalue weighted by molar-refractivity contribution is 7.80. The van der Waals surface area contributed by atoms with Gasteiger partial charge in [-0.05, 0) is 6.42 Å². The number of ether oxygens (including phenoxy) is 2. The van der Waals surface area contributed by atoms with E-state index in [1.807, 2.05) is 6.92 Å². The average Bonchev–Trinajstić information content (AvgIpc) is 2.19. The zero-order valence-electron chi connectivity index (χ0n) is 8.44. The Hall–Kier alpha value is -0.260. The van der Waals surface area contributed by atoms with E-state index in [0.29, 0.717) is 18.8 Å². The molecule has 0 amide bonds. The van der Waals surface area contributed by atoms with Gasteiger partial charge < -0.3 is 14.6 Å². The van der Waals surface area contributed by atoms with Gasteiger partial charge in [-0.2, -0.15) is 12.6 Å². The van der Waals surface area contributed by atoms with Crippen LogP contribution in [0.3, 0.4) is 0 Å². The molecule has 0 heterocycles. The van der Waals surface area contributed by atoms with Crippen molar-refractivity contribution in [3.63, 3.8) is 0 Å². The van der Waals surface area contributed by atoms with Crippen LogP contribution >= 0.6 is 12.6 Å². The summed E-state index contributed by atoms with van der Waals surface area (Å²) in [4.78, 5) is 11.0. The molecule has 14 heavy (non-hydrogen) atoms. The fourth-order valence-electron chi connectivity index (χ4n) is 0.835. The van der Waals surface area contributed by atoms with Gasteiger partial charge in [0.15, 0.2) is 0 Å². The molecule has 0 aromatic heterocycles. The van der Waals surface area contributed by atoms with Gasteiger partial charge in [0, 0.05) is 12.2 Å². The largest absolute Gasteiger partial charge is 0.463 e. The topological polar surface area (TPSA) is 55.8 Å². The lowest BCUT2D eigenvalue weighted by molar-refractivity contribution is -0.148. The molecule has 0 spiro atoms. The van der Waals surface area contributed by atoms with Gasteiger partial charge >= 0.3 is 5.97 Å². The van der Waals surface area contributed by atoms with Crippen LogP contribution in [0.25, 0.3) is 0 Å². The van der Waals surface area contributed by atoms with E-state index in [-0.39, 0.29) is 19.2 Å². The molecule has 5 heteroatoms. The summed E-state index contributed by atoms with van der Waals surface area (Å²) < 4.78 is 10.0. The molecule has 0 saturated heterocycles. The lowest BCUT2D eigenvalue weighted by Crippen LogP contribution is -2.26. The molecule has 0 aliphatic carbocycles. The Morgan fingerprint density at radius 3 is 2.79 bits per heavy atom. The Labute approximate surface area is 90.0 Å². The number of hydrogen-bond acceptors (Lipinski definition) is 5. The quantitative estimate of drug-likeness (QED) is 0.467. The van der Waals surface area contributed by atoms with Crippen LogP contribution in [0, 0.1) is 0 Å². The SMILES string of the molecule is CCCC(=O)OCC(CO)OCCS. The van der Waals surface area contributed by atoms with E-state index >= 15 is 0 Å². The zero-order chi connectivity index (χ0) is 10.8. The minimum absolute atomic E-state index is 0.114. The Morgan fingerprint density at radius 2 is 2.29 bits per heavy atom. The molecule has 0 aromatic rings. The maximum atomic E-state index is 11.0. The van der Waals surface area contributed by atoms with Gasteiger partial charge in [-0.25, -0.2) is 0 Å². The number of aliphatic hydroxyl groups excluding tert-OH is 1. The van der Waals surface area contributed by atoms with Crippen LogP contribution in [-0.2, 0) is 14.3 Å². The van der Waals surface area contributed by atoms with Crippen molar-refractivity contribution in [2.45, 2.75) is 25.9 Å². The molecule has 0 aromatic carbocycles. The molecule has 0 saturated carbocycles. The van der Waals surface area contributed by atoms with Gasteiger partial charge in [0.2, 0.25) is 0 Å². The van der Waals surface area contributed by atoms with E-state index in [1.54, 1.807) is 0 Å². The van der Waals surface area contributed by atoms with Crippen LogP contribution in [0.2, 0.25) is 0 Å². The van der Waals surface area contributed by atoms with Crippen LogP contribution in [0.1, 0.15) is 19.8 Å². The molecule has 0 rings (SSSR count). The molecule has 1 N–H and O–H groups in total. The van der Waals surface area contributed by atoms with E-state index in [2.05, 4.69) is 12.6 Å². The summed E-state index contributed by atoms with van der Waals surface area (Å²) in [5.41, 5.74) is 0. The summed E-state index contributed by atoms with van der Waals surface area (Å²) in [5, 5.41) is 8.85.